The van der Waals surface area contributed by atoms with Crippen molar-refractivity contribution in [3.63, 3.8) is 0 Å². The van der Waals surface area contributed by atoms with E-state index >= 15 is 0 Å². The molecular weight excluding hydrogens is 188 g/mol. The average molecular weight is 200 g/mol. The number of hydrogen-bond donors (Lipinski definition) is 1. The van der Waals surface area contributed by atoms with Crippen molar-refractivity contribution in [2.75, 3.05) is 0 Å². The molecule has 13 heavy (non-hydrogen) atoms. The van der Waals surface area contributed by atoms with Crippen LogP contribution in [0.3, 0.4) is 0 Å². The van der Waals surface area contributed by atoms with Gasteiger partial charge in [-0.3, -0.25) is 0 Å². The zero-order valence-electron chi connectivity index (χ0n) is 7.56. The smallest absolute Gasteiger partial charge is 0.243 e. The Hall–Kier alpha value is -0.940. The Balaban J connectivity index is 3.08. The van der Waals surface area contributed by atoms with Crippen molar-refractivity contribution in [3.05, 3.63) is 23.9 Å². The summed E-state index contributed by atoms with van der Waals surface area (Å²) in [5.74, 6) is 0.335. The van der Waals surface area contributed by atoms with Crippen molar-refractivity contribution in [1.29, 1.82) is 0 Å². The van der Waals surface area contributed by atoms with Crippen LogP contribution in [-0.2, 0) is 10.0 Å². The van der Waals surface area contributed by atoms with Crippen molar-refractivity contribution in [2.45, 2.75) is 24.8 Å². The Morgan fingerprint density at radius 3 is 2.31 bits per heavy atom. The highest BCUT2D eigenvalue weighted by molar-refractivity contribution is 7.89. The van der Waals surface area contributed by atoms with Crippen molar-refractivity contribution < 1.29 is 8.42 Å². The molecule has 1 rings (SSSR count). The van der Waals surface area contributed by atoms with E-state index in [9.17, 15) is 8.42 Å². The normalized spacial score (nSPS) is 12.0. The van der Waals surface area contributed by atoms with E-state index in [1.165, 1.54) is 12.3 Å². The lowest BCUT2D eigenvalue weighted by Gasteiger charge is -2.04. The molecule has 1 aromatic heterocycles. The van der Waals surface area contributed by atoms with E-state index in [-0.39, 0.29) is 5.03 Å². The number of rotatable bonds is 2. The molecule has 0 atom stereocenters. The molecule has 2 N–H and O–H groups in total. The molecule has 4 nitrogen and oxygen atoms in total. The third kappa shape index (κ3) is 2.50. The summed E-state index contributed by atoms with van der Waals surface area (Å²) in [4.78, 5) is 3.76. The fourth-order valence-corrected chi connectivity index (χ4v) is 1.36. The van der Waals surface area contributed by atoms with Crippen LogP contribution in [0, 0.1) is 0 Å². The molecule has 1 heterocycles. The van der Waals surface area contributed by atoms with E-state index in [2.05, 4.69) is 4.98 Å². The SMILES string of the molecule is CC(C)c1ccc(S(N)(=O)=O)nc1. The minimum atomic E-state index is -3.66. The number of primary sulfonamides is 1. The van der Waals surface area contributed by atoms with Gasteiger partial charge in [0, 0.05) is 6.20 Å². The summed E-state index contributed by atoms with van der Waals surface area (Å²) in [6.07, 6.45) is 1.53. The summed E-state index contributed by atoms with van der Waals surface area (Å²) in [7, 11) is -3.66. The van der Waals surface area contributed by atoms with Crippen LogP contribution >= 0.6 is 0 Å². The molecule has 0 bridgehead atoms. The second kappa shape index (κ2) is 3.43. The topological polar surface area (TPSA) is 73.1 Å². The second-order valence-corrected chi connectivity index (χ2v) is 4.64. The van der Waals surface area contributed by atoms with Gasteiger partial charge in [-0.25, -0.2) is 18.5 Å². The zero-order valence-corrected chi connectivity index (χ0v) is 8.38. The largest absolute Gasteiger partial charge is 0.255 e. The first kappa shape index (κ1) is 10.1. The predicted molar refractivity (Wildman–Crippen MR) is 49.7 cm³/mol. The highest BCUT2D eigenvalue weighted by Crippen LogP contribution is 2.13. The summed E-state index contributed by atoms with van der Waals surface area (Å²) in [6, 6.07) is 3.14. The van der Waals surface area contributed by atoms with Crippen LogP contribution in [0.1, 0.15) is 25.3 Å². The van der Waals surface area contributed by atoms with E-state index in [0.29, 0.717) is 5.92 Å². The Morgan fingerprint density at radius 1 is 1.38 bits per heavy atom. The Morgan fingerprint density at radius 2 is 2.00 bits per heavy atom. The molecule has 0 aliphatic rings. The van der Waals surface area contributed by atoms with Crippen LogP contribution < -0.4 is 5.14 Å². The van der Waals surface area contributed by atoms with Crippen LogP contribution in [0.25, 0.3) is 0 Å². The number of aromatic nitrogens is 1. The van der Waals surface area contributed by atoms with Crippen LogP contribution in [0.15, 0.2) is 23.4 Å². The first-order chi connectivity index (χ1) is 5.91. The van der Waals surface area contributed by atoms with Gasteiger partial charge < -0.3 is 0 Å². The Bertz CT molecular complexity index is 381. The molecule has 0 fully saturated rings. The van der Waals surface area contributed by atoms with Crippen molar-refractivity contribution >= 4 is 10.0 Å². The average Bonchev–Trinajstić information content (AvgIpc) is 2.03. The van der Waals surface area contributed by atoms with Gasteiger partial charge in [0.05, 0.1) is 0 Å². The van der Waals surface area contributed by atoms with E-state index in [1.807, 2.05) is 13.8 Å². The molecule has 0 saturated carbocycles. The number of sulfonamides is 1. The maximum absolute atomic E-state index is 10.8. The van der Waals surface area contributed by atoms with Crippen LogP contribution in [-0.4, -0.2) is 13.4 Å². The van der Waals surface area contributed by atoms with Gasteiger partial charge >= 0.3 is 0 Å². The maximum Gasteiger partial charge on any atom is 0.255 e. The third-order valence-corrected chi connectivity index (χ3v) is 2.54. The number of pyridine rings is 1. The molecular formula is C8H12N2O2S. The molecule has 5 heteroatoms. The van der Waals surface area contributed by atoms with Gasteiger partial charge in [-0.15, -0.1) is 0 Å². The summed E-state index contributed by atoms with van der Waals surface area (Å²) >= 11 is 0. The quantitative estimate of drug-likeness (QED) is 0.769. The Labute approximate surface area is 77.8 Å². The van der Waals surface area contributed by atoms with Crippen molar-refractivity contribution in [1.82, 2.24) is 4.98 Å². The van der Waals surface area contributed by atoms with Crippen LogP contribution in [0.4, 0.5) is 0 Å². The first-order valence-corrected chi connectivity index (χ1v) is 5.44. The number of hydrogen-bond acceptors (Lipinski definition) is 3. The summed E-state index contributed by atoms with van der Waals surface area (Å²) in [5, 5.41) is 4.81. The number of nitrogens with zero attached hydrogens (tertiary/aromatic N) is 1. The lowest BCUT2D eigenvalue weighted by Crippen LogP contribution is -2.13. The van der Waals surface area contributed by atoms with Gasteiger partial charge in [0.25, 0.3) is 10.0 Å². The molecule has 0 unspecified atom stereocenters. The minimum absolute atomic E-state index is 0.0862. The molecule has 0 aliphatic heterocycles. The fourth-order valence-electron chi connectivity index (χ4n) is 0.902. The van der Waals surface area contributed by atoms with E-state index < -0.39 is 10.0 Å². The summed E-state index contributed by atoms with van der Waals surface area (Å²) in [5.41, 5.74) is 0.993. The van der Waals surface area contributed by atoms with Gasteiger partial charge in [-0.1, -0.05) is 19.9 Å². The van der Waals surface area contributed by atoms with E-state index in [4.69, 9.17) is 5.14 Å². The molecule has 1 aromatic rings. The molecule has 0 amide bonds. The number of nitrogens with two attached hydrogens (primary N) is 1. The van der Waals surface area contributed by atoms with Gasteiger partial charge in [-0.05, 0) is 17.5 Å². The third-order valence-electron chi connectivity index (χ3n) is 1.72. The van der Waals surface area contributed by atoms with Crippen molar-refractivity contribution in [2.24, 2.45) is 5.14 Å². The molecule has 0 aliphatic carbocycles. The molecule has 0 spiro atoms. The highest BCUT2D eigenvalue weighted by Gasteiger charge is 2.09. The molecule has 0 saturated heterocycles. The lowest BCUT2D eigenvalue weighted by atomic mass is 10.1. The van der Waals surface area contributed by atoms with Gasteiger partial charge in [0.2, 0.25) is 0 Å². The zero-order chi connectivity index (χ0) is 10.1. The van der Waals surface area contributed by atoms with Gasteiger partial charge in [0.15, 0.2) is 5.03 Å². The van der Waals surface area contributed by atoms with Crippen molar-refractivity contribution in [3.8, 4) is 0 Å². The summed E-state index contributed by atoms with van der Waals surface area (Å²) < 4.78 is 21.7. The highest BCUT2D eigenvalue weighted by atomic mass is 32.2. The molecule has 0 aromatic carbocycles. The lowest BCUT2D eigenvalue weighted by molar-refractivity contribution is 0.594. The van der Waals surface area contributed by atoms with Crippen LogP contribution in [0.5, 0.6) is 0 Å². The second-order valence-electron chi connectivity index (χ2n) is 3.13. The first-order valence-electron chi connectivity index (χ1n) is 3.90. The predicted octanol–water partition coefficient (Wildman–Crippen LogP) is 0.852. The van der Waals surface area contributed by atoms with Gasteiger partial charge in [-0.2, -0.15) is 0 Å². The summed E-state index contributed by atoms with van der Waals surface area (Å²) in [6.45, 7) is 4.02. The van der Waals surface area contributed by atoms with Crippen LogP contribution in [0.2, 0.25) is 0 Å². The van der Waals surface area contributed by atoms with Gasteiger partial charge in [0.1, 0.15) is 0 Å². The molecule has 0 radical (unpaired) electrons. The van der Waals surface area contributed by atoms with E-state index in [0.717, 1.165) is 5.56 Å². The Kier molecular flexibility index (Phi) is 2.68. The maximum atomic E-state index is 10.8. The fraction of sp³-hybridized carbons (Fsp3) is 0.375. The standard InChI is InChI=1S/C8H12N2O2S/c1-6(2)7-3-4-8(10-5-7)13(9,11)12/h3-6H,1-2H3,(H2,9,11,12). The monoisotopic (exact) mass is 200 g/mol. The minimum Gasteiger partial charge on any atom is -0.243 e. The van der Waals surface area contributed by atoms with E-state index in [1.54, 1.807) is 6.07 Å². The molecule has 72 valence electrons.